The summed E-state index contributed by atoms with van der Waals surface area (Å²) in [6.45, 7) is 11.3. The third-order valence-electron chi connectivity index (χ3n) is 5.07. The zero-order valence-electron chi connectivity index (χ0n) is 16.5. The van der Waals surface area contributed by atoms with Crippen LogP contribution in [0.1, 0.15) is 52.7 Å². The fourth-order valence-corrected chi connectivity index (χ4v) is 3.96. The standard InChI is InChI=1S/C20H24N2O4/c1-19(2,3)13-9-11(17(25)21(7)15(9)23)14(20(4,5)6)12-10(13)16(24)22(8)18(12)26/h1-8H3. The van der Waals surface area contributed by atoms with Crippen LogP contribution >= 0.6 is 0 Å². The van der Waals surface area contributed by atoms with E-state index >= 15 is 0 Å². The van der Waals surface area contributed by atoms with Gasteiger partial charge < -0.3 is 0 Å². The van der Waals surface area contributed by atoms with Crippen molar-refractivity contribution in [2.24, 2.45) is 14.1 Å². The summed E-state index contributed by atoms with van der Waals surface area (Å²) < 4.78 is 2.14. The molecule has 0 aliphatic heterocycles. The molecular formula is C20H24N2O4. The molecule has 2 heterocycles. The molecule has 2 aromatic heterocycles. The summed E-state index contributed by atoms with van der Waals surface area (Å²) in [5.41, 5.74) is -1.88. The third-order valence-corrected chi connectivity index (χ3v) is 5.07. The van der Waals surface area contributed by atoms with Crippen LogP contribution < -0.4 is 22.2 Å². The minimum absolute atomic E-state index is 0.269. The first-order chi connectivity index (χ1) is 11.7. The molecule has 0 amide bonds. The molecule has 3 rings (SSSR count). The van der Waals surface area contributed by atoms with Crippen molar-refractivity contribution in [3.05, 3.63) is 52.5 Å². The summed E-state index contributed by atoms with van der Waals surface area (Å²) in [4.78, 5) is 51.7. The molecule has 0 spiro atoms. The van der Waals surface area contributed by atoms with Gasteiger partial charge in [0.05, 0.1) is 21.5 Å². The highest BCUT2D eigenvalue weighted by Crippen LogP contribution is 2.39. The zero-order valence-corrected chi connectivity index (χ0v) is 16.5. The summed E-state index contributed by atoms with van der Waals surface area (Å²) in [5.74, 6) is 0. The Kier molecular flexibility index (Phi) is 3.54. The van der Waals surface area contributed by atoms with Gasteiger partial charge in [-0.2, -0.15) is 0 Å². The fourth-order valence-electron chi connectivity index (χ4n) is 3.96. The van der Waals surface area contributed by atoms with Crippen LogP contribution in [0.25, 0.3) is 21.5 Å². The van der Waals surface area contributed by atoms with Gasteiger partial charge in [0.15, 0.2) is 0 Å². The number of fused-ring (bicyclic) bond motifs is 2. The summed E-state index contributed by atoms with van der Waals surface area (Å²) in [7, 11) is 2.87. The second-order valence-electron chi connectivity index (χ2n) is 9.09. The Hall–Kier alpha value is -2.50. The van der Waals surface area contributed by atoms with Gasteiger partial charge >= 0.3 is 0 Å². The van der Waals surface area contributed by atoms with E-state index in [1.165, 1.54) is 14.1 Å². The smallest absolute Gasteiger partial charge is 0.261 e. The predicted molar refractivity (Wildman–Crippen MR) is 104 cm³/mol. The molecular weight excluding hydrogens is 332 g/mol. The van der Waals surface area contributed by atoms with E-state index in [9.17, 15) is 19.2 Å². The number of hydrogen-bond donors (Lipinski definition) is 0. The number of rotatable bonds is 0. The summed E-state index contributed by atoms with van der Waals surface area (Å²) in [6, 6.07) is 0. The highest BCUT2D eigenvalue weighted by Gasteiger charge is 2.35. The fraction of sp³-hybridized carbons (Fsp3) is 0.500. The Morgan fingerprint density at radius 2 is 0.692 bits per heavy atom. The Labute approximate surface area is 150 Å². The minimum atomic E-state index is -0.590. The molecule has 3 aromatic rings. The first-order valence-electron chi connectivity index (χ1n) is 8.61. The van der Waals surface area contributed by atoms with Gasteiger partial charge in [0.25, 0.3) is 22.2 Å². The maximum atomic E-state index is 12.9. The maximum absolute atomic E-state index is 12.9. The van der Waals surface area contributed by atoms with Crippen LogP contribution in [-0.4, -0.2) is 9.13 Å². The lowest BCUT2D eigenvalue weighted by molar-refractivity contribution is 0.593. The number of hydrogen-bond acceptors (Lipinski definition) is 4. The van der Waals surface area contributed by atoms with Crippen LogP contribution in [0.3, 0.4) is 0 Å². The van der Waals surface area contributed by atoms with E-state index in [1.807, 2.05) is 41.5 Å². The molecule has 6 heteroatoms. The van der Waals surface area contributed by atoms with Gasteiger partial charge in [-0.3, -0.25) is 28.3 Å². The largest absolute Gasteiger partial charge is 0.277 e. The van der Waals surface area contributed by atoms with Crippen LogP contribution in [-0.2, 0) is 24.9 Å². The van der Waals surface area contributed by atoms with Crippen molar-refractivity contribution in [3.63, 3.8) is 0 Å². The quantitative estimate of drug-likeness (QED) is 0.613. The summed E-state index contributed by atoms with van der Waals surface area (Å²) >= 11 is 0. The topological polar surface area (TPSA) is 78.1 Å². The Morgan fingerprint density at radius 1 is 0.500 bits per heavy atom. The predicted octanol–water partition coefficient (Wildman–Crippen LogP) is 1.58. The normalized spacial score (nSPS) is 13.2. The molecule has 0 N–H and O–H groups in total. The SMILES string of the molecule is Cn1c(=O)c2c(C(C)(C)C)c3c(=O)n(C)c(=O)c3c(C(C)(C)C)c2c1=O. The molecule has 0 fully saturated rings. The van der Waals surface area contributed by atoms with E-state index in [4.69, 9.17) is 0 Å². The molecule has 0 unspecified atom stereocenters. The molecule has 0 atom stereocenters. The van der Waals surface area contributed by atoms with Crippen molar-refractivity contribution in [2.75, 3.05) is 0 Å². The molecule has 0 saturated carbocycles. The number of nitrogens with zero attached hydrogens (tertiary/aromatic N) is 2. The maximum Gasteiger partial charge on any atom is 0.261 e. The van der Waals surface area contributed by atoms with Gasteiger partial charge in [-0.25, -0.2) is 0 Å². The van der Waals surface area contributed by atoms with Crippen LogP contribution in [0, 0.1) is 0 Å². The van der Waals surface area contributed by atoms with Gasteiger partial charge in [0, 0.05) is 14.1 Å². The highest BCUT2D eigenvalue weighted by atomic mass is 16.2. The van der Waals surface area contributed by atoms with Gasteiger partial charge in [0.1, 0.15) is 0 Å². The lowest BCUT2D eigenvalue weighted by Crippen LogP contribution is -2.24. The molecule has 6 nitrogen and oxygen atoms in total. The molecule has 1 aromatic carbocycles. The van der Waals surface area contributed by atoms with Crippen LogP contribution in [0.2, 0.25) is 0 Å². The molecule has 0 bridgehead atoms. The van der Waals surface area contributed by atoms with Gasteiger partial charge in [-0.1, -0.05) is 41.5 Å². The highest BCUT2D eigenvalue weighted by molar-refractivity contribution is 6.07. The van der Waals surface area contributed by atoms with Crippen molar-refractivity contribution in [3.8, 4) is 0 Å². The van der Waals surface area contributed by atoms with Crippen LogP contribution in [0.5, 0.6) is 0 Å². The minimum Gasteiger partial charge on any atom is -0.277 e. The molecule has 0 aliphatic carbocycles. The average molecular weight is 356 g/mol. The van der Waals surface area contributed by atoms with E-state index in [-0.39, 0.29) is 21.5 Å². The van der Waals surface area contributed by atoms with E-state index in [0.29, 0.717) is 11.1 Å². The number of aromatic nitrogens is 2. The average Bonchev–Trinajstić information content (AvgIpc) is 2.85. The second kappa shape index (κ2) is 5.02. The van der Waals surface area contributed by atoms with Crippen molar-refractivity contribution in [2.45, 2.75) is 52.4 Å². The number of benzene rings is 1. The van der Waals surface area contributed by atoms with Crippen molar-refractivity contribution in [1.29, 1.82) is 0 Å². The van der Waals surface area contributed by atoms with E-state index in [1.54, 1.807) is 0 Å². The van der Waals surface area contributed by atoms with Crippen LogP contribution in [0.4, 0.5) is 0 Å². The molecule has 0 aliphatic rings. The molecule has 0 radical (unpaired) electrons. The Bertz CT molecular complexity index is 1100. The zero-order chi connectivity index (χ0) is 19.9. The van der Waals surface area contributed by atoms with Crippen molar-refractivity contribution >= 4 is 21.5 Å². The Morgan fingerprint density at radius 3 is 0.846 bits per heavy atom. The van der Waals surface area contributed by atoms with Gasteiger partial charge in [0.2, 0.25) is 0 Å². The lowest BCUT2D eigenvalue weighted by Gasteiger charge is -2.26. The van der Waals surface area contributed by atoms with Crippen LogP contribution in [0.15, 0.2) is 19.2 Å². The first-order valence-corrected chi connectivity index (χ1v) is 8.61. The summed E-state index contributed by atoms with van der Waals surface area (Å²) in [6.07, 6.45) is 0. The van der Waals surface area contributed by atoms with Crippen molar-refractivity contribution in [1.82, 2.24) is 9.13 Å². The summed E-state index contributed by atoms with van der Waals surface area (Å²) in [5, 5.41) is 1.07. The van der Waals surface area contributed by atoms with Crippen molar-refractivity contribution < 1.29 is 0 Å². The van der Waals surface area contributed by atoms with Gasteiger partial charge in [-0.05, 0) is 22.0 Å². The van der Waals surface area contributed by atoms with E-state index in [2.05, 4.69) is 0 Å². The van der Waals surface area contributed by atoms with E-state index < -0.39 is 33.1 Å². The molecule has 0 saturated heterocycles. The lowest BCUT2D eigenvalue weighted by atomic mass is 9.76. The van der Waals surface area contributed by atoms with Gasteiger partial charge in [-0.15, -0.1) is 0 Å². The first kappa shape index (κ1) is 18.3. The van der Waals surface area contributed by atoms with E-state index in [0.717, 1.165) is 9.13 Å². The molecule has 138 valence electrons. The second-order valence-corrected chi connectivity index (χ2v) is 9.09. The monoisotopic (exact) mass is 356 g/mol. The Balaban J connectivity index is 3.00. The molecule has 26 heavy (non-hydrogen) atoms. The third kappa shape index (κ3) is 2.11.